The molecular formula is C25H32N14O3S2. The molecule has 0 spiro atoms. The van der Waals surface area contributed by atoms with Crippen molar-refractivity contribution in [3.05, 3.63) is 62.1 Å². The van der Waals surface area contributed by atoms with Crippen molar-refractivity contribution in [2.75, 3.05) is 18.6 Å². The molecule has 19 heteroatoms. The van der Waals surface area contributed by atoms with Gasteiger partial charge in [0.05, 0.1) is 24.3 Å². The van der Waals surface area contributed by atoms with Crippen molar-refractivity contribution in [3.63, 3.8) is 0 Å². The third-order valence-corrected chi connectivity index (χ3v) is 7.46. The van der Waals surface area contributed by atoms with Crippen LogP contribution in [0.25, 0.3) is 11.3 Å². The average Bonchev–Trinajstić information content (AvgIpc) is 3.01. The van der Waals surface area contributed by atoms with Crippen molar-refractivity contribution in [1.29, 1.82) is 10.5 Å². The zero-order valence-corrected chi connectivity index (χ0v) is 25.9. The molecule has 44 heavy (non-hydrogen) atoms. The van der Waals surface area contributed by atoms with Crippen LogP contribution in [-0.4, -0.2) is 50.2 Å². The molecule has 0 unspecified atom stereocenters. The van der Waals surface area contributed by atoms with Gasteiger partial charge in [-0.25, -0.2) is 21.3 Å². The Morgan fingerprint density at radius 2 is 1.39 bits per heavy atom. The minimum absolute atomic E-state index is 0.236. The zero-order chi connectivity index (χ0) is 32.9. The van der Waals surface area contributed by atoms with Crippen LogP contribution in [0, 0.1) is 22.7 Å². The molecule has 17 nitrogen and oxygen atoms in total. The van der Waals surface area contributed by atoms with Gasteiger partial charge in [0, 0.05) is 11.1 Å². The second-order valence-corrected chi connectivity index (χ2v) is 11.3. The number of hydrazine groups is 2. The minimum atomic E-state index is -0.561. The molecule has 0 aliphatic rings. The Morgan fingerprint density at radius 3 is 1.80 bits per heavy atom. The average molecular weight is 641 g/mol. The third-order valence-electron chi connectivity index (χ3n) is 5.49. The molecular weight excluding hydrogens is 609 g/mol. The summed E-state index contributed by atoms with van der Waals surface area (Å²) >= 11 is 2.29. The van der Waals surface area contributed by atoms with E-state index in [1.54, 1.807) is 31.4 Å². The fourth-order valence-corrected chi connectivity index (χ4v) is 5.11. The van der Waals surface area contributed by atoms with Gasteiger partial charge in [0.25, 0.3) is 0 Å². The monoisotopic (exact) mass is 640 g/mol. The van der Waals surface area contributed by atoms with Gasteiger partial charge in [-0.05, 0) is 29.8 Å². The van der Waals surface area contributed by atoms with Gasteiger partial charge in [-0.1, -0.05) is 44.3 Å². The molecule has 0 radical (unpaired) electrons. The van der Waals surface area contributed by atoms with Crippen molar-refractivity contribution in [3.8, 4) is 29.1 Å². The molecule has 0 aliphatic heterocycles. The first-order chi connectivity index (χ1) is 20.9. The summed E-state index contributed by atoms with van der Waals surface area (Å²) in [5, 5.41) is 26.3. The number of methoxy groups -OCH3 is 1. The van der Waals surface area contributed by atoms with Gasteiger partial charge in [-0.15, -0.1) is 0 Å². The highest BCUT2D eigenvalue weighted by molar-refractivity contribution is 8.00. The highest BCUT2D eigenvalue weighted by Gasteiger charge is 2.23. The van der Waals surface area contributed by atoms with E-state index in [2.05, 4.69) is 53.1 Å². The van der Waals surface area contributed by atoms with E-state index in [4.69, 9.17) is 28.1 Å². The standard InChI is InChI=1S/C14H15N7O2S.C11H17N7OS/c1-23-9-4-2-8(3-5-9)12-10(6-15)13(19-14(22)18-12)24-7-11(20-16)21-17;1-11(2,3)8-6(4-12)9(16-10(19)15-8)20-5-7(17-13)18-14/h2-5H,7,16-17H2,1H3,(H,20,21)(H,18,19,22);5,13-14H2,1-3H3,(H,17,18)(H,15,16,19). The molecule has 232 valence electrons. The van der Waals surface area contributed by atoms with Gasteiger partial charge in [-0.2, -0.15) is 30.7 Å². The Labute approximate surface area is 260 Å². The van der Waals surface area contributed by atoms with E-state index in [0.29, 0.717) is 45.0 Å². The first kappa shape index (κ1) is 35.1. The minimum Gasteiger partial charge on any atom is -0.497 e. The molecule has 3 aromatic rings. The van der Waals surface area contributed by atoms with E-state index in [-0.39, 0.29) is 27.5 Å². The van der Waals surface area contributed by atoms with Crippen molar-refractivity contribution < 1.29 is 4.74 Å². The first-order valence-corrected chi connectivity index (χ1v) is 14.4. The number of nitrogens with zero attached hydrogens (tertiary/aromatic N) is 6. The van der Waals surface area contributed by atoms with Crippen LogP contribution in [0.2, 0.25) is 0 Å². The summed E-state index contributed by atoms with van der Waals surface area (Å²) in [5.41, 5.74) is 5.41. The maximum atomic E-state index is 11.9. The second kappa shape index (κ2) is 16.5. The summed E-state index contributed by atoms with van der Waals surface area (Å²) in [4.78, 5) is 36.4. The highest BCUT2D eigenvalue weighted by Crippen LogP contribution is 2.29. The number of nitrogens with two attached hydrogens (primary N) is 4. The summed E-state index contributed by atoms with van der Waals surface area (Å²) in [5.74, 6) is 22.6. The maximum Gasteiger partial charge on any atom is 0.346 e. The lowest BCUT2D eigenvalue weighted by molar-refractivity contribution is 0.415. The van der Waals surface area contributed by atoms with E-state index >= 15 is 0 Å². The van der Waals surface area contributed by atoms with E-state index in [0.717, 1.165) is 11.8 Å². The summed E-state index contributed by atoms with van der Waals surface area (Å²) in [7, 11) is 1.56. The van der Waals surface area contributed by atoms with Gasteiger partial charge < -0.3 is 37.2 Å². The Balaban J connectivity index is 0.000000312. The Bertz CT molecular complexity index is 1700. The number of hydrogen-bond donors (Lipinski definition) is 8. The molecule has 0 saturated heterocycles. The molecule has 0 amide bonds. The number of amidine groups is 2. The smallest absolute Gasteiger partial charge is 0.346 e. The van der Waals surface area contributed by atoms with Crippen LogP contribution in [0.4, 0.5) is 0 Å². The topological polar surface area (TPSA) is 301 Å². The number of benzene rings is 1. The van der Waals surface area contributed by atoms with Crippen molar-refractivity contribution in [1.82, 2.24) is 30.8 Å². The Morgan fingerprint density at radius 1 is 0.909 bits per heavy atom. The fourth-order valence-electron chi connectivity index (χ4n) is 3.36. The van der Waals surface area contributed by atoms with Crippen LogP contribution >= 0.6 is 23.5 Å². The molecule has 0 atom stereocenters. The summed E-state index contributed by atoms with van der Waals surface area (Å²) < 4.78 is 5.10. The number of rotatable bonds is 8. The first-order valence-electron chi connectivity index (χ1n) is 12.4. The number of thioether (sulfide) groups is 2. The van der Waals surface area contributed by atoms with Gasteiger partial charge >= 0.3 is 11.4 Å². The van der Waals surface area contributed by atoms with Crippen LogP contribution in [0.3, 0.4) is 0 Å². The van der Waals surface area contributed by atoms with Gasteiger partial charge in [0.15, 0.2) is 0 Å². The van der Waals surface area contributed by atoms with Crippen molar-refractivity contribution in [2.45, 2.75) is 36.2 Å². The number of hydrazone groups is 2. The molecule has 2 aromatic heterocycles. The summed E-state index contributed by atoms with van der Waals surface area (Å²) in [6.07, 6.45) is 0. The molecule has 1 aromatic carbocycles. The van der Waals surface area contributed by atoms with Crippen LogP contribution < -0.4 is 50.3 Å². The normalized spacial score (nSPS) is 11.5. The number of ether oxygens (including phenoxy) is 1. The third kappa shape index (κ3) is 9.47. The number of H-pyrrole nitrogens is 2. The van der Waals surface area contributed by atoms with Crippen LogP contribution in [-0.2, 0) is 5.41 Å². The van der Waals surface area contributed by atoms with E-state index in [1.807, 2.05) is 20.8 Å². The Hall–Kier alpha value is -5.08. The molecule has 0 saturated carbocycles. The predicted molar refractivity (Wildman–Crippen MR) is 169 cm³/mol. The molecule has 0 aliphatic carbocycles. The summed E-state index contributed by atoms with van der Waals surface area (Å²) in [6, 6.07) is 11.1. The molecule has 0 fully saturated rings. The molecule has 3 rings (SSSR count). The lowest BCUT2D eigenvalue weighted by Gasteiger charge is -2.20. The summed E-state index contributed by atoms with van der Waals surface area (Å²) in [6.45, 7) is 5.71. The zero-order valence-electron chi connectivity index (χ0n) is 24.3. The molecule has 12 N–H and O–H groups in total. The maximum absolute atomic E-state index is 11.9. The van der Waals surface area contributed by atoms with Crippen LogP contribution in [0.5, 0.6) is 5.75 Å². The van der Waals surface area contributed by atoms with Crippen LogP contribution in [0.1, 0.15) is 37.6 Å². The lowest BCUT2D eigenvalue weighted by Crippen LogP contribution is -2.33. The largest absolute Gasteiger partial charge is 0.497 e. The number of aromatic amines is 2. The van der Waals surface area contributed by atoms with Crippen LogP contribution in [0.15, 0.2) is 54.1 Å². The van der Waals surface area contributed by atoms with Crippen molar-refractivity contribution >= 4 is 35.2 Å². The SMILES string of the molecule is CC(C)(C)c1[nH]c(=O)nc(SC/C(=N/N)NN)c1C#N.COc1ccc(-c2[nH]c(=O)nc(SC/C(=N/N)NN)c2C#N)cc1. The van der Waals surface area contributed by atoms with Gasteiger partial charge in [-0.3, -0.25) is 0 Å². The fraction of sp³-hybridized carbons (Fsp3) is 0.280. The number of hydrogen-bond acceptors (Lipinski definition) is 15. The second-order valence-electron chi connectivity index (χ2n) is 9.41. The van der Waals surface area contributed by atoms with Crippen molar-refractivity contribution in [2.24, 2.45) is 33.6 Å². The van der Waals surface area contributed by atoms with E-state index in [1.165, 1.54) is 11.8 Å². The highest BCUT2D eigenvalue weighted by atomic mass is 32.2. The van der Waals surface area contributed by atoms with E-state index in [9.17, 15) is 20.1 Å². The lowest BCUT2D eigenvalue weighted by atomic mass is 9.89. The quantitative estimate of drug-likeness (QED) is 0.0398. The number of nitrogens with one attached hydrogen (secondary N) is 4. The number of nitriles is 2. The molecule has 2 heterocycles. The van der Waals surface area contributed by atoms with Gasteiger partial charge in [0.1, 0.15) is 50.7 Å². The predicted octanol–water partition coefficient (Wildman–Crippen LogP) is -0.0885. The molecule has 0 bridgehead atoms. The Kier molecular flexibility index (Phi) is 13.2. The number of aromatic nitrogens is 4. The van der Waals surface area contributed by atoms with E-state index < -0.39 is 11.4 Å². The van der Waals surface area contributed by atoms with Gasteiger partial charge in [0.2, 0.25) is 0 Å².